The number of ether oxygens (including phenoxy) is 1. The summed E-state index contributed by atoms with van der Waals surface area (Å²) < 4.78 is 18.5. The molecule has 3 N–H and O–H groups in total. The Morgan fingerprint density at radius 3 is 2.80 bits per heavy atom. The van der Waals surface area contributed by atoms with Crippen molar-refractivity contribution in [2.24, 2.45) is 5.84 Å². The number of nitrogens with zero attached hydrogens (tertiary/aromatic N) is 4. The van der Waals surface area contributed by atoms with Crippen LogP contribution in [0.15, 0.2) is 24.3 Å². The van der Waals surface area contributed by atoms with Crippen LogP contribution in [0.3, 0.4) is 0 Å². The number of nitrogen functional groups attached to an aromatic ring is 1. The zero-order valence-electron chi connectivity index (χ0n) is 11.2. The molecule has 0 aliphatic carbocycles. The number of halogens is 1. The zero-order valence-corrected chi connectivity index (χ0v) is 11.2. The van der Waals surface area contributed by atoms with Crippen LogP contribution < -0.4 is 20.9 Å². The van der Waals surface area contributed by atoms with E-state index in [4.69, 9.17) is 10.6 Å². The van der Waals surface area contributed by atoms with E-state index in [1.54, 1.807) is 24.1 Å². The number of rotatable bonds is 5. The van der Waals surface area contributed by atoms with E-state index in [0.29, 0.717) is 18.2 Å². The van der Waals surface area contributed by atoms with Crippen molar-refractivity contribution >= 4 is 17.6 Å². The van der Waals surface area contributed by atoms with Gasteiger partial charge in [0, 0.05) is 12.7 Å². The number of hydrogen-bond donors (Lipinski definition) is 2. The molecular formula is C12H15FN6O. The molecule has 0 radical (unpaired) electrons. The third-order valence-corrected chi connectivity index (χ3v) is 2.50. The van der Waals surface area contributed by atoms with Gasteiger partial charge in [-0.2, -0.15) is 15.0 Å². The predicted octanol–water partition coefficient (Wildman–Crippen LogP) is 1.46. The van der Waals surface area contributed by atoms with Crippen LogP contribution in [0.2, 0.25) is 0 Å². The summed E-state index contributed by atoms with van der Waals surface area (Å²) in [6.45, 7) is 2.23. The second kappa shape index (κ2) is 6.11. The lowest BCUT2D eigenvalue weighted by molar-refractivity contribution is 0.312. The van der Waals surface area contributed by atoms with Crippen molar-refractivity contribution in [1.29, 1.82) is 0 Å². The maximum absolute atomic E-state index is 13.3. The van der Waals surface area contributed by atoms with E-state index in [1.165, 1.54) is 12.1 Å². The number of hydrazine groups is 1. The highest BCUT2D eigenvalue weighted by atomic mass is 19.1. The molecular weight excluding hydrogens is 263 g/mol. The Labute approximate surface area is 115 Å². The van der Waals surface area contributed by atoms with Crippen LogP contribution in [0.4, 0.5) is 22.0 Å². The predicted molar refractivity (Wildman–Crippen MR) is 73.3 cm³/mol. The molecule has 106 valence electrons. The molecule has 2 rings (SSSR count). The van der Waals surface area contributed by atoms with Crippen LogP contribution in [-0.4, -0.2) is 28.6 Å². The largest absolute Gasteiger partial charge is 0.464 e. The Hall–Kier alpha value is -2.48. The molecule has 1 aromatic heterocycles. The van der Waals surface area contributed by atoms with Gasteiger partial charge in [0.15, 0.2) is 0 Å². The van der Waals surface area contributed by atoms with Gasteiger partial charge in [-0.15, -0.1) is 0 Å². The molecule has 0 atom stereocenters. The van der Waals surface area contributed by atoms with Gasteiger partial charge < -0.3 is 9.64 Å². The Balaban J connectivity index is 2.37. The maximum Gasteiger partial charge on any atom is 0.323 e. The van der Waals surface area contributed by atoms with Crippen molar-refractivity contribution in [3.05, 3.63) is 30.1 Å². The average Bonchev–Trinajstić information content (AvgIpc) is 2.46. The van der Waals surface area contributed by atoms with Crippen molar-refractivity contribution in [3.63, 3.8) is 0 Å². The van der Waals surface area contributed by atoms with Gasteiger partial charge in [0.05, 0.1) is 6.61 Å². The lowest BCUT2D eigenvalue weighted by Gasteiger charge is -2.18. The van der Waals surface area contributed by atoms with E-state index < -0.39 is 0 Å². The van der Waals surface area contributed by atoms with Gasteiger partial charge in [-0.25, -0.2) is 10.2 Å². The molecule has 8 heteroatoms. The van der Waals surface area contributed by atoms with Gasteiger partial charge in [0.25, 0.3) is 0 Å². The summed E-state index contributed by atoms with van der Waals surface area (Å²) in [5, 5.41) is 0. The Kier molecular flexibility index (Phi) is 4.26. The molecule has 2 aromatic rings. The molecule has 0 aliphatic rings. The number of anilines is 3. The highest BCUT2D eigenvalue weighted by molar-refractivity contribution is 5.57. The summed E-state index contributed by atoms with van der Waals surface area (Å²) in [6.07, 6.45) is 0. The fourth-order valence-electron chi connectivity index (χ4n) is 1.55. The molecule has 0 bridgehead atoms. The zero-order chi connectivity index (χ0) is 14.5. The van der Waals surface area contributed by atoms with Crippen molar-refractivity contribution in [1.82, 2.24) is 15.0 Å². The third kappa shape index (κ3) is 3.09. The van der Waals surface area contributed by atoms with E-state index in [-0.39, 0.29) is 17.8 Å². The normalized spacial score (nSPS) is 10.2. The first-order chi connectivity index (χ1) is 9.63. The molecule has 7 nitrogen and oxygen atoms in total. The topological polar surface area (TPSA) is 89.2 Å². The third-order valence-electron chi connectivity index (χ3n) is 2.50. The molecule has 0 aliphatic heterocycles. The van der Waals surface area contributed by atoms with Gasteiger partial charge >= 0.3 is 6.01 Å². The van der Waals surface area contributed by atoms with E-state index in [1.807, 2.05) is 6.92 Å². The maximum atomic E-state index is 13.3. The van der Waals surface area contributed by atoms with Crippen LogP contribution in [0.1, 0.15) is 6.92 Å². The summed E-state index contributed by atoms with van der Waals surface area (Å²) in [7, 11) is 1.71. The molecule has 0 spiro atoms. The standard InChI is InChI=1S/C12H15FN6O/c1-3-20-12-16-10(18-14)15-11(17-12)19(2)9-6-4-5-8(13)7-9/h4-7H,3,14H2,1-2H3,(H,15,16,17,18). The first-order valence-electron chi connectivity index (χ1n) is 5.98. The average molecular weight is 278 g/mol. The molecule has 0 saturated carbocycles. The van der Waals surface area contributed by atoms with E-state index in [0.717, 1.165) is 0 Å². The minimum Gasteiger partial charge on any atom is -0.464 e. The van der Waals surface area contributed by atoms with Crippen molar-refractivity contribution in [2.75, 3.05) is 24.0 Å². The van der Waals surface area contributed by atoms with Crippen molar-refractivity contribution in [2.45, 2.75) is 6.92 Å². The van der Waals surface area contributed by atoms with Gasteiger partial charge in [0.1, 0.15) is 5.82 Å². The van der Waals surface area contributed by atoms with Gasteiger partial charge in [0.2, 0.25) is 11.9 Å². The SMILES string of the molecule is CCOc1nc(NN)nc(N(C)c2cccc(F)c2)n1. The quantitative estimate of drug-likeness (QED) is 0.632. The monoisotopic (exact) mass is 278 g/mol. The number of nitrogens with two attached hydrogens (primary N) is 1. The molecule has 20 heavy (non-hydrogen) atoms. The van der Waals surface area contributed by atoms with Crippen LogP contribution in [0, 0.1) is 5.82 Å². The minimum atomic E-state index is -0.342. The Bertz CT molecular complexity index is 594. The van der Waals surface area contributed by atoms with Crippen molar-refractivity contribution in [3.8, 4) is 6.01 Å². The fraction of sp³-hybridized carbons (Fsp3) is 0.250. The first kappa shape index (κ1) is 13.9. The summed E-state index contributed by atoms with van der Waals surface area (Å²) in [5.74, 6) is 5.43. The lowest BCUT2D eigenvalue weighted by Crippen LogP contribution is -2.18. The Morgan fingerprint density at radius 1 is 1.35 bits per heavy atom. The molecule has 0 saturated heterocycles. The number of benzene rings is 1. The highest BCUT2D eigenvalue weighted by Gasteiger charge is 2.12. The number of hydrogen-bond acceptors (Lipinski definition) is 7. The fourth-order valence-corrected chi connectivity index (χ4v) is 1.55. The van der Waals surface area contributed by atoms with E-state index >= 15 is 0 Å². The van der Waals surface area contributed by atoms with Crippen molar-refractivity contribution < 1.29 is 9.13 Å². The molecule has 0 fully saturated rings. The number of aromatic nitrogens is 3. The first-order valence-corrected chi connectivity index (χ1v) is 5.98. The van der Waals surface area contributed by atoms with Crippen LogP contribution in [0.25, 0.3) is 0 Å². The molecule has 0 unspecified atom stereocenters. The lowest BCUT2D eigenvalue weighted by atomic mass is 10.3. The second-order valence-electron chi connectivity index (χ2n) is 3.86. The van der Waals surface area contributed by atoms with E-state index in [9.17, 15) is 4.39 Å². The molecule has 1 aromatic carbocycles. The highest BCUT2D eigenvalue weighted by Crippen LogP contribution is 2.22. The Morgan fingerprint density at radius 2 is 2.15 bits per heavy atom. The van der Waals surface area contributed by atoms with Gasteiger partial charge in [-0.05, 0) is 25.1 Å². The van der Waals surface area contributed by atoms with Crippen LogP contribution in [-0.2, 0) is 0 Å². The summed E-state index contributed by atoms with van der Waals surface area (Å²) >= 11 is 0. The molecule has 0 amide bonds. The summed E-state index contributed by atoms with van der Waals surface area (Å²) in [5.41, 5.74) is 2.94. The van der Waals surface area contributed by atoms with E-state index in [2.05, 4.69) is 20.4 Å². The summed E-state index contributed by atoms with van der Waals surface area (Å²) in [6, 6.07) is 6.23. The molecule has 1 heterocycles. The van der Waals surface area contributed by atoms with Crippen LogP contribution in [0.5, 0.6) is 6.01 Å². The minimum absolute atomic E-state index is 0.147. The van der Waals surface area contributed by atoms with Crippen LogP contribution >= 0.6 is 0 Å². The number of nitrogens with one attached hydrogen (secondary N) is 1. The smallest absolute Gasteiger partial charge is 0.323 e. The summed E-state index contributed by atoms with van der Waals surface area (Å²) in [4.78, 5) is 13.8. The second-order valence-corrected chi connectivity index (χ2v) is 3.86. The van der Waals surface area contributed by atoms with Gasteiger partial charge in [-0.1, -0.05) is 6.07 Å². The van der Waals surface area contributed by atoms with Gasteiger partial charge in [-0.3, -0.25) is 5.43 Å².